The molecule has 3 heteroatoms. The average molecular weight is 366 g/mol. The molecular weight excluding hydrogens is 345 g/mol. The number of hydrogen-bond donors (Lipinski definition) is 1. The lowest BCUT2D eigenvalue weighted by atomic mass is 10.1. The van der Waals surface area contributed by atoms with Crippen LogP contribution in [0.2, 0.25) is 0 Å². The van der Waals surface area contributed by atoms with E-state index < -0.39 is 0 Å². The normalized spacial score (nSPS) is 13.7. The first-order chi connectivity index (χ1) is 12.5. The lowest BCUT2D eigenvalue weighted by Crippen LogP contribution is -1.95. The highest BCUT2D eigenvalue weighted by Crippen LogP contribution is 2.31. The van der Waals surface area contributed by atoms with Crippen LogP contribution in [0.1, 0.15) is 23.6 Å². The van der Waals surface area contributed by atoms with E-state index in [-0.39, 0.29) is 5.82 Å². The molecular formula is C23H21ClFN. The predicted molar refractivity (Wildman–Crippen MR) is 110 cm³/mol. The molecule has 0 saturated carbocycles. The number of anilines is 1. The summed E-state index contributed by atoms with van der Waals surface area (Å²) in [5.74, 6) is -0.226. The fourth-order valence-corrected chi connectivity index (χ4v) is 3.10. The van der Waals surface area contributed by atoms with Crippen LogP contribution in [0, 0.1) is 5.82 Å². The molecule has 1 aliphatic carbocycles. The minimum Gasteiger partial charge on any atom is -0.356 e. The molecule has 0 unspecified atom stereocenters. The largest absolute Gasteiger partial charge is 0.356 e. The van der Waals surface area contributed by atoms with Crippen LogP contribution >= 0.6 is 11.6 Å². The van der Waals surface area contributed by atoms with Gasteiger partial charge in [0.25, 0.3) is 0 Å². The number of halogens is 2. The summed E-state index contributed by atoms with van der Waals surface area (Å²) in [4.78, 5) is 0. The highest BCUT2D eigenvalue weighted by molar-refractivity contribution is 6.32. The molecule has 0 fully saturated rings. The molecule has 2 aromatic carbocycles. The average Bonchev–Trinajstić information content (AvgIpc) is 3.05. The summed E-state index contributed by atoms with van der Waals surface area (Å²) in [6.45, 7) is 6.15. The highest BCUT2D eigenvalue weighted by atomic mass is 35.5. The molecule has 0 aliphatic heterocycles. The lowest BCUT2D eigenvalue weighted by molar-refractivity contribution is 0.627. The van der Waals surface area contributed by atoms with Gasteiger partial charge in [0.15, 0.2) is 0 Å². The third-order valence-corrected chi connectivity index (χ3v) is 4.67. The smallest absolute Gasteiger partial charge is 0.123 e. The van der Waals surface area contributed by atoms with E-state index in [0.717, 1.165) is 40.9 Å². The Morgan fingerprint density at radius 2 is 2.12 bits per heavy atom. The second-order valence-electron chi connectivity index (χ2n) is 6.27. The fourth-order valence-electron chi connectivity index (χ4n) is 2.91. The van der Waals surface area contributed by atoms with Gasteiger partial charge in [-0.1, -0.05) is 49.4 Å². The zero-order valence-electron chi connectivity index (χ0n) is 14.7. The molecule has 2 aromatic rings. The van der Waals surface area contributed by atoms with E-state index in [1.165, 1.54) is 11.6 Å². The van der Waals surface area contributed by atoms with Gasteiger partial charge in [-0.05, 0) is 77.6 Å². The number of hydrogen-bond acceptors (Lipinski definition) is 1. The summed E-state index contributed by atoms with van der Waals surface area (Å²) < 4.78 is 13.3. The maximum atomic E-state index is 13.3. The van der Waals surface area contributed by atoms with Gasteiger partial charge in [-0.15, -0.1) is 0 Å². The van der Waals surface area contributed by atoms with Gasteiger partial charge in [0, 0.05) is 16.4 Å². The van der Waals surface area contributed by atoms with E-state index in [1.807, 2.05) is 42.5 Å². The van der Waals surface area contributed by atoms with Gasteiger partial charge in [-0.3, -0.25) is 0 Å². The Kier molecular flexibility index (Phi) is 5.75. The molecule has 0 radical (unpaired) electrons. The number of rotatable bonds is 6. The van der Waals surface area contributed by atoms with Gasteiger partial charge in [0.1, 0.15) is 5.82 Å². The Bertz CT molecular complexity index is 922. The molecule has 0 heterocycles. The van der Waals surface area contributed by atoms with Crippen molar-refractivity contribution in [1.29, 1.82) is 0 Å². The fraction of sp³-hybridized carbons (Fsp3) is 0.130. The van der Waals surface area contributed by atoms with Crippen molar-refractivity contribution in [2.24, 2.45) is 0 Å². The van der Waals surface area contributed by atoms with Crippen LogP contribution < -0.4 is 5.32 Å². The number of fused-ring (bicyclic) bond motifs is 1. The maximum absolute atomic E-state index is 13.3. The van der Waals surface area contributed by atoms with E-state index in [2.05, 4.69) is 31.0 Å². The molecule has 0 aromatic heterocycles. The topological polar surface area (TPSA) is 12.0 Å². The van der Waals surface area contributed by atoms with Gasteiger partial charge in [-0.2, -0.15) is 0 Å². The van der Waals surface area contributed by atoms with Crippen LogP contribution in [0.25, 0.3) is 6.08 Å². The van der Waals surface area contributed by atoms with Crippen LogP contribution in [0.5, 0.6) is 0 Å². The number of allylic oxidation sites excluding steroid dienone is 5. The summed E-state index contributed by atoms with van der Waals surface area (Å²) in [7, 11) is 0. The minimum absolute atomic E-state index is 0.226. The monoisotopic (exact) mass is 365 g/mol. The Labute approximate surface area is 159 Å². The van der Waals surface area contributed by atoms with Gasteiger partial charge >= 0.3 is 0 Å². The van der Waals surface area contributed by atoms with Crippen LogP contribution in [0.3, 0.4) is 0 Å². The highest BCUT2D eigenvalue weighted by Gasteiger charge is 2.14. The van der Waals surface area contributed by atoms with E-state index in [1.54, 1.807) is 6.07 Å². The summed E-state index contributed by atoms with van der Waals surface area (Å²) in [5, 5.41) is 3.92. The SMILES string of the molecule is C=C(/C=C/C=C(\Cl)C1=Cc2cc(F)ccc2C1)Nc1cccc(CC)c1. The minimum atomic E-state index is -0.226. The van der Waals surface area contributed by atoms with Gasteiger partial charge in [0.05, 0.1) is 0 Å². The van der Waals surface area contributed by atoms with Gasteiger partial charge in [-0.25, -0.2) is 4.39 Å². The van der Waals surface area contributed by atoms with Crippen molar-refractivity contribution in [3.8, 4) is 0 Å². The third-order valence-electron chi connectivity index (χ3n) is 4.31. The molecule has 1 nitrogen and oxygen atoms in total. The zero-order chi connectivity index (χ0) is 18.5. The van der Waals surface area contributed by atoms with Gasteiger partial charge in [0.2, 0.25) is 0 Å². The standard InChI is InChI=1S/C23H21ClFN/c1-3-17-7-5-8-22(12-17)26-16(2)6-4-9-23(24)20-13-18-10-11-21(25)15-19(18)14-20/h4-12,14-15,26H,2-3,13H2,1H3/b6-4+,23-9-. The first kappa shape index (κ1) is 18.2. The van der Waals surface area contributed by atoms with E-state index in [9.17, 15) is 4.39 Å². The molecule has 0 amide bonds. The first-order valence-electron chi connectivity index (χ1n) is 8.63. The van der Waals surface area contributed by atoms with Gasteiger partial charge < -0.3 is 5.32 Å². The quantitative estimate of drug-likeness (QED) is 0.566. The summed E-state index contributed by atoms with van der Waals surface area (Å²) in [6, 6.07) is 13.1. The first-order valence-corrected chi connectivity index (χ1v) is 9.01. The molecule has 1 aliphatic rings. The van der Waals surface area contributed by atoms with E-state index in [4.69, 9.17) is 11.6 Å². The van der Waals surface area contributed by atoms with Crippen LogP contribution in [0.15, 0.2) is 83.6 Å². The maximum Gasteiger partial charge on any atom is 0.123 e. The molecule has 1 N–H and O–H groups in total. The van der Waals surface area contributed by atoms with Crippen molar-refractivity contribution in [1.82, 2.24) is 0 Å². The van der Waals surface area contributed by atoms with Crippen LogP contribution in [0.4, 0.5) is 10.1 Å². The molecule has 26 heavy (non-hydrogen) atoms. The predicted octanol–water partition coefficient (Wildman–Crippen LogP) is 6.63. The van der Waals surface area contributed by atoms with Crippen molar-refractivity contribution in [2.75, 3.05) is 5.32 Å². The van der Waals surface area contributed by atoms with Crippen LogP contribution in [-0.4, -0.2) is 0 Å². The Hall–Kier alpha value is -2.58. The van der Waals surface area contributed by atoms with E-state index in [0.29, 0.717) is 5.03 Å². The van der Waals surface area contributed by atoms with Crippen molar-refractivity contribution in [3.63, 3.8) is 0 Å². The van der Waals surface area contributed by atoms with E-state index >= 15 is 0 Å². The number of aryl methyl sites for hydroxylation is 1. The zero-order valence-corrected chi connectivity index (χ0v) is 15.5. The Balaban J connectivity index is 1.62. The summed E-state index contributed by atoms with van der Waals surface area (Å²) >= 11 is 6.40. The van der Waals surface area contributed by atoms with Crippen molar-refractivity contribution >= 4 is 23.4 Å². The summed E-state index contributed by atoms with van der Waals surface area (Å²) in [6.07, 6.45) is 9.24. The second kappa shape index (κ2) is 8.20. The van der Waals surface area contributed by atoms with Crippen molar-refractivity contribution in [3.05, 3.63) is 106 Å². The summed E-state index contributed by atoms with van der Waals surface area (Å²) in [5.41, 5.74) is 6.07. The Morgan fingerprint density at radius 1 is 1.27 bits per heavy atom. The van der Waals surface area contributed by atoms with Crippen molar-refractivity contribution < 1.29 is 4.39 Å². The molecule has 0 saturated heterocycles. The third kappa shape index (κ3) is 4.53. The molecule has 0 spiro atoms. The number of nitrogens with one attached hydrogen (secondary N) is 1. The molecule has 132 valence electrons. The number of benzene rings is 2. The Morgan fingerprint density at radius 3 is 2.92 bits per heavy atom. The van der Waals surface area contributed by atoms with Crippen LogP contribution in [-0.2, 0) is 12.8 Å². The molecule has 0 atom stereocenters. The van der Waals surface area contributed by atoms with Crippen molar-refractivity contribution in [2.45, 2.75) is 19.8 Å². The molecule has 3 rings (SSSR count). The second-order valence-corrected chi connectivity index (χ2v) is 6.67. The molecule has 0 bridgehead atoms. The lowest BCUT2D eigenvalue weighted by Gasteiger charge is -2.07.